The van der Waals surface area contributed by atoms with Crippen LogP contribution in [0, 0.1) is 0 Å². The van der Waals surface area contributed by atoms with E-state index in [2.05, 4.69) is 16.0 Å². The Kier molecular flexibility index (Phi) is 18.0. The first-order valence-corrected chi connectivity index (χ1v) is 23.9. The fourth-order valence-electron chi connectivity index (χ4n) is 7.32. The van der Waals surface area contributed by atoms with Gasteiger partial charge in [-0.15, -0.1) is 0 Å². The topological polar surface area (TPSA) is 234 Å². The van der Waals surface area contributed by atoms with Gasteiger partial charge in [-0.2, -0.15) is 0 Å². The third kappa shape index (κ3) is 15.8. The van der Waals surface area contributed by atoms with Gasteiger partial charge in [-0.25, -0.2) is 14.4 Å². The maximum atomic E-state index is 12.6. The lowest BCUT2D eigenvalue weighted by Crippen LogP contribution is -2.33. The summed E-state index contributed by atoms with van der Waals surface area (Å²) < 4.78 is 28.6. The lowest BCUT2D eigenvalue weighted by atomic mass is 10.1. The second-order valence-corrected chi connectivity index (χ2v) is 17.8. The molecule has 0 bridgehead atoms. The molecule has 16 nitrogen and oxygen atoms in total. The van der Waals surface area contributed by atoms with E-state index in [1.807, 2.05) is 93.6 Å². The summed E-state index contributed by atoms with van der Waals surface area (Å²) in [6.07, 6.45) is 1.00. The van der Waals surface area contributed by atoms with Crippen LogP contribution < -0.4 is 40.6 Å². The van der Waals surface area contributed by atoms with Crippen LogP contribution in [0.15, 0.2) is 170 Å². The third-order valence-electron chi connectivity index (χ3n) is 11.0. The molecule has 0 heterocycles. The molecule has 0 atom stereocenters. The van der Waals surface area contributed by atoms with Crippen molar-refractivity contribution in [3.8, 4) is 34.5 Å². The average molecular weight is 1010 g/mol. The summed E-state index contributed by atoms with van der Waals surface area (Å²) in [5.41, 5.74) is 6.23. The van der Waals surface area contributed by atoms with E-state index in [-0.39, 0.29) is 22.5 Å². The van der Waals surface area contributed by atoms with Crippen molar-refractivity contribution >= 4 is 62.8 Å². The molecular formula is C59H56N4O12. The quantitative estimate of drug-likeness (QED) is 0.0414. The van der Waals surface area contributed by atoms with Crippen LogP contribution in [0.1, 0.15) is 75.0 Å². The monoisotopic (exact) mass is 1010 g/mol. The van der Waals surface area contributed by atoms with Crippen LogP contribution in [-0.2, 0) is 4.74 Å². The van der Waals surface area contributed by atoms with E-state index in [0.29, 0.717) is 66.8 Å². The Bertz CT molecular complexity index is 3300. The fourth-order valence-corrected chi connectivity index (χ4v) is 7.32. The Labute approximate surface area is 433 Å². The van der Waals surface area contributed by atoms with Gasteiger partial charge in [-0.05, 0) is 183 Å². The van der Waals surface area contributed by atoms with Crippen molar-refractivity contribution in [2.45, 2.75) is 39.2 Å². The number of aromatic carboxylic acids is 2. The van der Waals surface area contributed by atoms with Gasteiger partial charge in [-0.1, -0.05) is 48.5 Å². The zero-order chi connectivity index (χ0) is 53.3. The number of rotatable bonds is 19. The highest BCUT2D eigenvalue weighted by Crippen LogP contribution is 2.31. The minimum atomic E-state index is -1.12. The van der Waals surface area contributed by atoms with Crippen LogP contribution in [-0.4, -0.2) is 72.0 Å². The first kappa shape index (κ1) is 53.4. The summed E-state index contributed by atoms with van der Waals surface area (Å²) >= 11 is 0. The molecule has 75 heavy (non-hydrogen) atoms. The number of nitrogens with two attached hydrogens (primary N) is 1. The zero-order valence-electron chi connectivity index (χ0n) is 41.5. The van der Waals surface area contributed by atoms with Gasteiger partial charge in [0.25, 0.3) is 11.8 Å². The number of alkyl carbamates (subject to hydrolysis) is 1. The minimum absolute atomic E-state index is 0.0170. The number of ether oxygens (including phenoxy) is 5. The van der Waals surface area contributed by atoms with Crippen molar-refractivity contribution in [3.63, 3.8) is 0 Å². The normalized spacial score (nSPS) is 10.8. The van der Waals surface area contributed by atoms with Crippen molar-refractivity contribution in [2.75, 3.05) is 36.9 Å². The SMILES string of the molecule is CC(C)(C)OC(=O)NCCCOc1ccc2cc(Oc3ccc(C(=O)Nc4ccccc4C(=O)O)cc3)ccc2c1.NCCCOc1ccc2cc(Oc3ccc(C(=O)Nc4ccccc4C(=O)O)cc3)ccc2c1. The number of amides is 3. The van der Waals surface area contributed by atoms with Gasteiger partial charge in [0, 0.05) is 17.7 Å². The van der Waals surface area contributed by atoms with Gasteiger partial charge in [0.2, 0.25) is 0 Å². The molecule has 0 aliphatic carbocycles. The summed E-state index contributed by atoms with van der Waals surface area (Å²) in [5.74, 6) is 0.888. The lowest BCUT2D eigenvalue weighted by Gasteiger charge is -2.19. The van der Waals surface area contributed by atoms with Gasteiger partial charge < -0.3 is 55.6 Å². The van der Waals surface area contributed by atoms with Crippen LogP contribution in [0.3, 0.4) is 0 Å². The molecule has 384 valence electrons. The molecule has 7 N–H and O–H groups in total. The molecule has 3 amide bonds. The van der Waals surface area contributed by atoms with E-state index in [0.717, 1.165) is 39.5 Å². The van der Waals surface area contributed by atoms with Crippen molar-refractivity contribution < 1.29 is 57.9 Å². The van der Waals surface area contributed by atoms with Gasteiger partial charge in [-0.3, -0.25) is 9.59 Å². The second kappa shape index (κ2) is 25.3. The third-order valence-corrected chi connectivity index (χ3v) is 11.0. The molecule has 0 fully saturated rings. The number of benzene rings is 8. The Morgan fingerprint density at radius 2 is 0.853 bits per heavy atom. The smallest absolute Gasteiger partial charge is 0.407 e. The molecule has 8 aromatic rings. The minimum Gasteiger partial charge on any atom is -0.494 e. The Morgan fingerprint density at radius 1 is 0.480 bits per heavy atom. The lowest BCUT2D eigenvalue weighted by molar-refractivity contribution is 0.0523. The summed E-state index contributed by atoms with van der Waals surface area (Å²) in [5, 5.41) is 30.6. The highest BCUT2D eigenvalue weighted by Gasteiger charge is 2.17. The summed E-state index contributed by atoms with van der Waals surface area (Å²) in [6, 6.07) is 48.8. The predicted molar refractivity (Wildman–Crippen MR) is 287 cm³/mol. The van der Waals surface area contributed by atoms with Gasteiger partial charge in [0.05, 0.1) is 35.7 Å². The number of carboxylic acids is 2. The van der Waals surface area contributed by atoms with E-state index < -0.39 is 35.4 Å². The molecule has 0 saturated heterocycles. The molecule has 0 aliphatic rings. The van der Waals surface area contributed by atoms with E-state index in [1.165, 1.54) is 12.1 Å². The van der Waals surface area contributed by atoms with E-state index >= 15 is 0 Å². The van der Waals surface area contributed by atoms with Crippen LogP contribution in [0.5, 0.6) is 34.5 Å². The van der Waals surface area contributed by atoms with Crippen molar-refractivity contribution in [2.24, 2.45) is 5.73 Å². The first-order chi connectivity index (χ1) is 36.1. The predicted octanol–water partition coefficient (Wildman–Crippen LogP) is 12.2. The molecule has 0 unspecified atom stereocenters. The molecule has 0 spiro atoms. The van der Waals surface area contributed by atoms with Gasteiger partial charge >= 0.3 is 18.0 Å². The number of carboxylic acid groups (broad SMARTS) is 2. The number of carbonyl (C=O) groups excluding carboxylic acids is 3. The molecular weight excluding hydrogens is 957 g/mol. The molecule has 0 aromatic heterocycles. The van der Waals surface area contributed by atoms with Crippen LogP contribution in [0.4, 0.5) is 16.2 Å². The largest absolute Gasteiger partial charge is 0.494 e. The second-order valence-electron chi connectivity index (χ2n) is 17.8. The highest BCUT2D eigenvalue weighted by atomic mass is 16.6. The van der Waals surface area contributed by atoms with Gasteiger partial charge in [0.1, 0.15) is 40.1 Å². The number of para-hydroxylation sites is 2. The average Bonchev–Trinajstić information content (AvgIpc) is 3.39. The maximum absolute atomic E-state index is 12.6. The number of carbonyl (C=O) groups is 5. The zero-order valence-corrected chi connectivity index (χ0v) is 41.5. The standard InChI is InChI=1S/C32H32N2O7.C27H24N2O5/c1-32(2,3)41-31(38)33-17-6-18-39-25-15-11-23-20-26(16-12-22(23)19-25)40-24-13-9-21(10-14-24)29(35)34-28-8-5-4-7-27(28)30(36)37;28-14-3-15-33-22-12-8-20-17-23(13-9-19(20)16-22)34-21-10-6-18(7-11-21)26(30)29-25-5-2-1-4-24(25)27(31)32/h4-5,7-16,19-20H,6,17-18H2,1-3H3,(H,33,38)(H,34,35)(H,36,37);1-2,4-13,16-17H,3,14-15,28H2,(H,29,30)(H,31,32). The fraction of sp³-hybridized carbons (Fsp3) is 0.169. The van der Waals surface area contributed by atoms with E-state index in [1.54, 1.807) is 84.9 Å². The van der Waals surface area contributed by atoms with Gasteiger partial charge in [0.15, 0.2) is 0 Å². The Morgan fingerprint density at radius 3 is 1.25 bits per heavy atom. The summed E-state index contributed by atoms with van der Waals surface area (Å²) in [6.45, 7) is 7.54. The van der Waals surface area contributed by atoms with E-state index in [4.69, 9.17) is 29.4 Å². The van der Waals surface area contributed by atoms with Crippen molar-refractivity contribution in [1.82, 2.24) is 5.32 Å². The molecule has 8 rings (SSSR count). The van der Waals surface area contributed by atoms with Crippen LogP contribution >= 0.6 is 0 Å². The number of hydrogen-bond donors (Lipinski definition) is 6. The molecule has 16 heteroatoms. The van der Waals surface area contributed by atoms with Crippen molar-refractivity contribution in [3.05, 3.63) is 192 Å². The Balaban J connectivity index is 0.000000222. The van der Waals surface area contributed by atoms with E-state index in [9.17, 15) is 34.2 Å². The Hall–Kier alpha value is -9.41. The first-order valence-electron chi connectivity index (χ1n) is 23.9. The summed E-state index contributed by atoms with van der Waals surface area (Å²) in [4.78, 5) is 59.6. The molecule has 8 aromatic carbocycles. The highest BCUT2D eigenvalue weighted by molar-refractivity contribution is 6.08. The maximum Gasteiger partial charge on any atom is 0.407 e. The van der Waals surface area contributed by atoms with Crippen LogP contribution in [0.2, 0.25) is 0 Å². The van der Waals surface area contributed by atoms with Crippen molar-refractivity contribution in [1.29, 1.82) is 0 Å². The van der Waals surface area contributed by atoms with Crippen LogP contribution in [0.25, 0.3) is 21.5 Å². The number of hydrogen-bond acceptors (Lipinski definition) is 11. The number of fused-ring (bicyclic) bond motifs is 2. The summed E-state index contributed by atoms with van der Waals surface area (Å²) in [7, 11) is 0. The number of anilines is 2. The molecule has 0 saturated carbocycles. The number of nitrogens with one attached hydrogen (secondary N) is 3. The molecule has 0 aliphatic heterocycles. The molecule has 0 radical (unpaired) electrons.